The minimum Gasteiger partial charge on any atom is -0.321 e. The summed E-state index contributed by atoms with van der Waals surface area (Å²) >= 11 is 6.14. The van der Waals surface area contributed by atoms with Crippen LogP contribution >= 0.6 is 11.6 Å². The standard InChI is InChI=1S/C29H25ClN2O4S/c1-18-9-10-19(2)26(15-18)32-37(35,36)27-16-22(12-11-20(27)3)29(34)31-25-14-13-23(30)17-24(25)28(33)21-7-5-4-6-8-21/h4-17,32H,1-3H3,(H,31,34). The van der Waals surface area contributed by atoms with Crippen LogP contribution in [0, 0.1) is 20.8 Å². The third kappa shape index (κ3) is 5.90. The van der Waals surface area contributed by atoms with Crippen molar-refractivity contribution >= 4 is 44.7 Å². The average Bonchev–Trinajstić information content (AvgIpc) is 2.87. The summed E-state index contributed by atoms with van der Waals surface area (Å²) in [5.74, 6) is -0.865. The fourth-order valence-corrected chi connectivity index (χ4v) is 5.39. The molecule has 0 saturated heterocycles. The molecule has 188 valence electrons. The van der Waals surface area contributed by atoms with Crippen LogP contribution in [0.4, 0.5) is 11.4 Å². The summed E-state index contributed by atoms with van der Waals surface area (Å²) < 4.78 is 29.1. The molecule has 0 aliphatic heterocycles. The Morgan fingerprint density at radius 3 is 2.16 bits per heavy atom. The van der Waals surface area contributed by atoms with Crippen LogP contribution in [-0.4, -0.2) is 20.1 Å². The zero-order chi connectivity index (χ0) is 26.7. The van der Waals surface area contributed by atoms with Crippen LogP contribution in [0.3, 0.4) is 0 Å². The Kier molecular flexibility index (Phi) is 7.47. The van der Waals surface area contributed by atoms with Crippen molar-refractivity contribution < 1.29 is 18.0 Å². The number of ketones is 1. The molecule has 0 radical (unpaired) electrons. The summed E-state index contributed by atoms with van der Waals surface area (Å²) in [4.78, 5) is 26.3. The first-order chi connectivity index (χ1) is 17.5. The maximum atomic E-state index is 13.3. The van der Waals surface area contributed by atoms with Gasteiger partial charge in [0.2, 0.25) is 0 Å². The van der Waals surface area contributed by atoms with Crippen LogP contribution in [0.2, 0.25) is 5.02 Å². The zero-order valence-corrected chi connectivity index (χ0v) is 22.1. The first-order valence-corrected chi connectivity index (χ1v) is 13.3. The predicted octanol–water partition coefficient (Wildman–Crippen LogP) is 6.55. The number of benzene rings is 4. The van der Waals surface area contributed by atoms with E-state index in [-0.39, 0.29) is 27.5 Å². The summed E-state index contributed by atoms with van der Waals surface area (Å²) in [6.45, 7) is 5.35. The molecule has 0 heterocycles. The van der Waals surface area contributed by atoms with Crippen molar-refractivity contribution in [1.82, 2.24) is 0 Å². The monoisotopic (exact) mass is 532 g/mol. The van der Waals surface area contributed by atoms with E-state index in [1.807, 2.05) is 26.0 Å². The highest BCUT2D eigenvalue weighted by molar-refractivity contribution is 7.92. The maximum absolute atomic E-state index is 13.3. The van der Waals surface area contributed by atoms with E-state index in [2.05, 4.69) is 10.0 Å². The molecule has 4 rings (SSSR count). The SMILES string of the molecule is Cc1ccc(C)c(NS(=O)(=O)c2cc(C(=O)Nc3ccc(Cl)cc3C(=O)c3ccccc3)ccc2C)c1. The molecular weight excluding hydrogens is 508 g/mol. The number of rotatable bonds is 7. The van der Waals surface area contributed by atoms with Gasteiger partial charge in [0.25, 0.3) is 15.9 Å². The molecule has 0 saturated carbocycles. The second-order valence-corrected chi connectivity index (χ2v) is 10.8. The smallest absolute Gasteiger partial charge is 0.262 e. The Labute approximate surface area is 221 Å². The van der Waals surface area contributed by atoms with Crippen molar-refractivity contribution in [3.8, 4) is 0 Å². The van der Waals surface area contributed by atoms with Gasteiger partial charge < -0.3 is 5.32 Å². The molecule has 0 aromatic heterocycles. The Bertz CT molecular complexity index is 1620. The van der Waals surface area contributed by atoms with Gasteiger partial charge in [-0.2, -0.15) is 0 Å². The summed E-state index contributed by atoms with van der Waals surface area (Å²) in [7, 11) is -3.98. The van der Waals surface area contributed by atoms with Crippen LogP contribution in [0.5, 0.6) is 0 Å². The van der Waals surface area contributed by atoms with Crippen molar-refractivity contribution in [3.63, 3.8) is 0 Å². The lowest BCUT2D eigenvalue weighted by atomic mass is 10.0. The van der Waals surface area contributed by atoms with E-state index in [1.165, 1.54) is 18.2 Å². The van der Waals surface area contributed by atoms with Gasteiger partial charge >= 0.3 is 0 Å². The number of sulfonamides is 1. The molecule has 4 aromatic rings. The Morgan fingerprint density at radius 2 is 1.43 bits per heavy atom. The normalized spacial score (nSPS) is 11.1. The summed E-state index contributed by atoms with van der Waals surface area (Å²) in [5.41, 5.74) is 3.71. The molecule has 0 fully saturated rings. The van der Waals surface area contributed by atoms with Gasteiger partial charge in [-0.3, -0.25) is 14.3 Å². The number of halogens is 1. The summed E-state index contributed by atoms with van der Waals surface area (Å²) in [6, 6.07) is 23.2. The molecule has 0 unspecified atom stereocenters. The molecule has 6 nitrogen and oxygen atoms in total. The van der Waals surface area contributed by atoms with Gasteiger partial charge in [-0.05, 0) is 73.9 Å². The van der Waals surface area contributed by atoms with Crippen LogP contribution in [-0.2, 0) is 10.0 Å². The molecule has 0 aliphatic rings. The zero-order valence-electron chi connectivity index (χ0n) is 20.5. The number of anilines is 2. The Balaban J connectivity index is 1.65. The quantitative estimate of drug-likeness (QED) is 0.264. The fraction of sp³-hybridized carbons (Fsp3) is 0.103. The Hall–Kier alpha value is -3.94. The number of carbonyl (C=O) groups is 2. The summed E-state index contributed by atoms with van der Waals surface area (Å²) in [6.07, 6.45) is 0. The summed E-state index contributed by atoms with van der Waals surface area (Å²) in [5, 5.41) is 3.08. The van der Waals surface area contributed by atoms with Gasteiger partial charge in [0.1, 0.15) is 0 Å². The highest BCUT2D eigenvalue weighted by Crippen LogP contribution is 2.27. The van der Waals surface area contributed by atoms with Crippen molar-refractivity contribution in [3.05, 3.63) is 123 Å². The van der Waals surface area contributed by atoms with Crippen molar-refractivity contribution in [2.45, 2.75) is 25.7 Å². The van der Waals surface area contributed by atoms with E-state index in [9.17, 15) is 18.0 Å². The third-order valence-electron chi connectivity index (χ3n) is 5.89. The lowest BCUT2D eigenvalue weighted by Gasteiger charge is -2.15. The van der Waals surface area contributed by atoms with Gasteiger partial charge in [-0.1, -0.05) is 60.1 Å². The number of hydrogen-bond donors (Lipinski definition) is 2. The molecule has 0 bridgehead atoms. The number of amides is 1. The third-order valence-corrected chi connectivity index (χ3v) is 7.63. The van der Waals surface area contributed by atoms with Gasteiger partial charge in [0.05, 0.1) is 16.3 Å². The van der Waals surface area contributed by atoms with Crippen LogP contribution in [0.25, 0.3) is 0 Å². The molecule has 1 amide bonds. The van der Waals surface area contributed by atoms with E-state index >= 15 is 0 Å². The first kappa shape index (κ1) is 26.1. The van der Waals surface area contributed by atoms with E-state index < -0.39 is 15.9 Å². The second kappa shape index (κ2) is 10.6. The largest absolute Gasteiger partial charge is 0.321 e. The van der Waals surface area contributed by atoms with Gasteiger partial charge in [-0.15, -0.1) is 0 Å². The molecular formula is C29H25ClN2O4S. The molecule has 4 aromatic carbocycles. The topological polar surface area (TPSA) is 92.3 Å². The van der Waals surface area contributed by atoms with E-state index in [4.69, 9.17) is 11.6 Å². The van der Waals surface area contributed by atoms with Crippen LogP contribution in [0.15, 0.2) is 89.8 Å². The number of aryl methyl sites for hydroxylation is 3. The predicted molar refractivity (Wildman–Crippen MR) is 147 cm³/mol. The molecule has 8 heteroatoms. The van der Waals surface area contributed by atoms with Gasteiger partial charge in [0.15, 0.2) is 5.78 Å². The van der Waals surface area contributed by atoms with Gasteiger partial charge in [0, 0.05) is 21.7 Å². The number of nitrogens with one attached hydrogen (secondary N) is 2. The maximum Gasteiger partial charge on any atom is 0.262 e. The second-order valence-electron chi connectivity index (χ2n) is 8.74. The van der Waals surface area contributed by atoms with Crippen molar-refractivity contribution in [1.29, 1.82) is 0 Å². The molecule has 0 atom stereocenters. The lowest BCUT2D eigenvalue weighted by molar-refractivity contribution is 0.102. The van der Waals surface area contributed by atoms with Crippen LogP contribution in [0.1, 0.15) is 43.0 Å². The number of carbonyl (C=O) groups excluding carboxylic acids is 2. The number of hydrogen-bond acceptors (Lipinski definition) is 4. The lowest BCUT2D eigenvalue weighted by Crippen LogP contribution is -2.18. The van der Waals surface area contributed by atoms with E-state index in [1.54, 1.807) is 61.5 Å². The fourth-order valence-electron chi connectivity index (χ4n) is 3.83. The highest BCUT2D eigenvalue weighted by Gasteiger charge is 2.22. The molecule has 37 heavy (non-hydrogen) atoms. The first-order valence-electron chi connectivity index (χ1n) is 11.5. The highest BCUT2D eigenvalue weighted by atomic mass is 35.5. The minimum atomic E-state index is -3.98. The minimum absolute atomic E-state index is 0.0160. The van der Waals surface area contributed by atoms with Crippen LogP contribution < -0.4 is 10.0 Å². The van der Waals surface area contributed by atoms with E-state index in [0.29, 0.717) is 21.8 Å². The van der Waals surface area contributed by atoms with Crippen molar-refractivity contribution in [2.24, 2.45) is 0 Å². The Morgan fingerprint density at radius 1 is 0.730 bits per heavy atom. The molecule has 0 aliphatic carbocycles. The molecule has 0 spiro atoms. The average molecular weight is 533 g/mol. The van der Waals surface area contributed by atoms with E-state index in [0.717, 1.165) is 11.1 Å². The van der Waals surface area contributed by atoms with Crippen molar-refractivity contribution in [2.75, 3.05) is 10.0 Å². The molecule has 2 N–H and O–H groups in total. The van der Waals surface area contributed by atoms with Gasteiger partial charge in [-0.25, -0.2) is 8.42 Å².